The van der Waals surface area contributed by atoms with E-state index in [1.54, 1.807) is 0 Å². The molecule has 0 radical (unpaired) electrons. The van der Waals surface area contributed by atoms with Crippen LogP contribution in [0.5, 0.6) is 0 Å². The minimum Gasteiger partial charge on any atom is -0.162 e. The third-order valence-electron chi connectivity index (χ3n) is 3.35. The number of benzene rings is 1. The highest BCUT2D eigenvalue weighted by Crippen LogP contribution is 2.35. The van der Waals surface area contributed by atoms with Gasteiger partial charge in [-0.25, -0.2) is 0 Å². The third-order valence-corrected chi connectivity index (χ3v) is 4.89. The van der Waals surface area contributed by atoms with Gasteiger partial charge in [-0.15, -0.1) is 0 Å². The molecule has 0 bridgehead atoms. The first kappa shape index (κ1) is 11.5. The molecule has 1 fully saturated rings. The highest BCUT2D eigenvalue weighted by molar-refractivity contribution is 9.10. The Labute approximate surface area is 105 Å². The van der Waals surface area contributed by atoms with E-state index in [2.05, 4.69) is 58.9 Å². The molecule has 1 aromatic carbocycles. The molecule has 1 saturated heterocycles. The van der Waals surface area contributed by atoms with Gasteiger partial charge in [0.2, 0.25) is 0 Å². The second kappa shape index (κ2) is 5.40. The van der Waals surface area contributed by atoms with Crippen LogP contribution in [0, 0.1) is 5.92 Å². The van der Waals surface area contributed by atoms with Crippen LogP contribution in [0.4, 0.5) is 0 Å². The van der Waals surface area contributed by atoms with Gasteiger partial charge in [-0.3, -0.25) is 0 Å². The first-order valence-corrected chi connectivity index (χ1v) is 7.55. The molecule has 2 heteroatoms. The van der Waals surface area contributed by atoms with Crippen molar-refractivity contribution in [1.29, 1.82) is 0 Å². The minimum absolute atomic E-state index is 0.711. The largest absolute Gasteiger partial charge is 0.162 e. The molecule has 0 aromatic heterocycles. The van der Waals surface area contributed by atoms with Crippen LogP contribution in [0.15, 0.2) is 28.7 Å². The lowest BCUT2D eigenvalue weighted by molar-refractivity contribution is 0.417. The van der Waals surface area contributed by atoms with Crippen LogP contribution in [-0.4, -0.2) is 11.5 Å². The summed E-state index contributed by atoms with van der Waals surface area (Å²) in [4.78, 5) is 0. The maximum atomic E-state index is 3.55. The van der Waals surface area contributed by atoms with Crippen molar-refractivity contribution in [3.63, 3.8) is 0 Å². The Balaban J connectivity index is 2.08. The molecule has 0 spiro atoms. The van der Waals surface area contributed by atoms with E-state index in [0.29, 0.717) is 5.92 Å². The Bertz CT molecular complexity index is 318. The van der Waals surface area contributed by atoms with Crippen LogP contribution in [-0.2, 0) is 0 Å². The molecule has 1 aliphatic rings. The van der Waals surface area contributed by atoms with E-state index in [9.17, 15) is 0 Å². The monoisotopic (exact) mass is 284 g/mol. The summed E-state index contributed by atoms with van der Waals surface area (Å²) < 4.78 is 1.21. The fraction of sp³-hybridized carbons (Fsp3) is 0.538. The highest BCUT2D eigenvalue weighted by atomic mass is 79.9. The van der Waals surface area contributed by atoms with Gasteiger partial charge in [0, 0.05) is 4.47 Å². The van der Waals surface area contributed by atoms with Crippen molar-refractivity contribution in [2.75, 3.05) is 11.5 Å². The van der Waals surface area contributed by atoms with Crippen LogP contribution in [0.3, 0.4) is 0 Å². The first-order chi connectivity index (χ1) is 7.27. The van der Waals surface area contributed by atoms with Gasteiger partial charge in [0.1, 0.15) is 0 Å². The molecule has 0 aliphatic carbocycles. The lowest BCUT2D eigenvalue weighted by Gasteiger charge is -2.27. The van der Waals surface area contributed by atoms with E-state index in [1.165, 1.54) is 34.4 Å². The molecule has 0 amide bonds. The molecule has 2 rings (SSSR count). The molecule has 1 aromatic rings. The fourth-order valence-electron chi connectivity index (χ4n) is 2.28. The summed E-state index contributed by atoms with van der Waals surface area (Å²) in [5, 5.41) is 0. The van der Waals surface area contributed by atoms with Gasteiger partial charge < -0.3 is 0 Å². The Kier molecular flexibility index (Phi) is 4.15. The third kappa shape index (κ3) is 3.01. The zero-order valence-corrected chi connectivity index (χ0v) is 11.5. The molecule has 0 N–H and O–H groups in total. The van der Waals surface area contributed by atoms with E-state index in [4.69, 9.17) is 0 Å². The quantitative estimate of drug-likeness (QED) is 0.759. The van der Waals surface area contributed by atoms with Crippen molar-refractivity contribution in [1.82, 2.24) is 0 Å². The standard InChI is InChI=1S/C13H17BrS/c1-10(11-5-7-15-8-6-11)12-3-2-4-13(14)9-12/h2-4,9-11H,5-8H2,1H3. The average Bonchev–Trinajstić information content (AvgIpc) is 2.29. The topological polar surface area (TPSA) is 0 Å². The molecule has 1 atom stereocenters. The molecule has 0 saturated carbocycles. The molecule has 1 heterocycles. The Hall–Kier alpha value is 0.0500. The van der Waals surface area contributed by atoms with Gasteiger partial charge in [0.05, 0.1) is 0 Å². The van der Waals surface area contributed by atoms with Gasteiger partial charge in [0.15, 0.2) is 0 Å². The maximum absolute atomic E-state index is 3.55. The second-order valence-electron chi connectivity index (χ2n) is 4.29. The summed E-state index contributed by atoms with van der Waals surface area (Å²) in [6, 6.07) is 8.78. The molecule has 1 aliphatic heterocycles. The molecular formula is C13H17BrS. The Morgan fingerprint density at radius 2 is 2.07 bits per heavy atom. The van der Waals surface area contributed by atoms with Crippen LogP contribution < -0.4 is 0 Å². The van der Waals surface area contributed by atoms with Gasteiger partial charge in [-0.05, 0) is 53.9 Å². The number of hydrogen-bond acceptors (Lipinski definition) is 1. The molecule has 1 unspecified atom stereocenters. The van der Waals surface area contributed by atoms with Crippen molar-refractivity contribution in [2.24, 2.45) is 5.92 Å². The summed E-state index contributed by atoms with van der Waals surface area (Å²) in [6.07, 6.45) is 2.77. The van der Waals surface area contributed by atoms with Crippen LogP contribution in [0.1, 0.15) is 31.2 Å². The average molecular weight is 285 g/mol. The van der Waals surface area contributed by atoms with Crippen molar-refractivity contribution in [2.45, 2.75) is 25.7 Å². The van der Waals surface area contributed by atoms with E-state index >= 15 is 0 Å². The van der Waals surface area contributed by atoms with E-state index in [1.807, 2.05) is 0 Å². The number of thioether (sulfide) groups is 1. The smallest absolute Gasteiger partial charge is 0.0178 e. The summed E-state index contributed by atoms with van der Waals surface area (Å²) in [5.74, 6) is 4.30. The Morgan fingerprint density at radius 3 is 2.73 bits per heavy atom. The predicted octanol–water partition coefficient (Wildman–Crippen LogP) is 4.70. The van der Waals surface area contributed by atoms with Crippen LogP contribution in [0.2, 0.25) is 0 Å². The summed E-state index contributed by atoms with van der Waals surface area (Å²) >= 11 is 5.66. The fourth-order valence-corrected chi connectivity index (χ4v) is 3.84. The number of halogens is 1. The van der Waals surface area contributed by atoms with Crippen molar-refractivity contribution in [3.8, 4) is 0 Å². The van der Waals surface area contributed by atoms with Crippen LogP contribution >= 0.6 is 27.7 Å². The van der Waals surface area contributed by atoms with Gasteiger partial charge >= 0.3 is 0 Å². The van der Waals surface area contributed by atoms with E-state index in [0.717, 1.165) is 5.92 Å². The molecule has 0 nitrogen and oxygen atoms in total. The number of hydrogen-bond donors (Lipinski definition) is 0. The SMILES string of the molecule is CC(c1cccc(Br)c1)C1CCSCC1. The predicted molar refractivity (Wildman–Crippen MR) is 72.6 cm³/mol. The minimum atomic E-state index is 0.711. The van der Waals surface area contributed by atoms with Crippen molar-refractivity contribution >= 4 is 27.7 Å². The lowest BCUT2D eigenvalue weighted by Crippen LogP contribution is -2.16. The zero-order chi connectivity index (χ0) is 10.7. The van der Waals surface area contributed by atoms with Gasteiger partial charge in [-0.2, -0.15) is 11.8 Å². The zero-order valence-electron chi connectivity index (χ0n) is 9.08. The van der Waals surface area contributed by atoms with Gasteiger partial charge in [0.25, 0.3) is 0 Å². The van der Waals surface area contributed by atoms with E-state index in [-0.39, 0.29) is 0 Å². The first-order valence-electron chi connectivity index (χ1n) is 5.60. The maximum Gasteiger partial charge on any atom is 0.0178 e. The van der Waals surface area contributed by atoms with Crippen molar-refractivity contribution in [3.05, 3.63) is 34.3 Å². The Morgan fingerprint density at radius 1 is 1.33 bits per heavy atom. The molecular weight excluding hydrogens is 268 g/mol. The summed E-state index contributed by atoms with van der Waals surface area (Å²) in [6.45, 7) is 2.38. The molecule has 82 valence electrons. The lowest BCUT2D eigenvalue weighted by atomic mass is 9.84. The highest BCUT2D eigenvalue weighted by Gasteiger charge is 2.21. The number of rotatable bonds is 2. The van der Waals surface area contributed by atoms with Gasteiger partial charge in [-0.1, -0.05) is 35.0 Å². The molecule has 15 heavy (non-hydrogen) atoms. The second-order valence-corrected chi connectivity index (χ2v) is 6.43. The normalized spacial score (nSPS) is 20.1. The summed E-state index contributed by atoms with van der Waals surface area (Å²) in [7, 11) is 0. The summed E-state index contributed by atoms with van der Waals surface area (Å²) in [5.41, 5.74) is 1.49. The van der Waals surface area contributed by atoms with Crippen molar-refractivity contribution < 1.29 is 0 Å². The van der Waals surface area contributed by atoms with Crippen LogP contribution in [0.25, 0.3) is 0 Å². The van der Waals surface area contributed by atoms with E-state index < -0.39 is 0 Å².